The maximum Gasteiger partial charge on any atom is 0.257 e. The number of para-hydroxylation sites is 1. The Morgan fingerprint density at radius 3 is 2.60 bits per heavy atom. The summed E-state index contributed by atoms with van der Waals surface area (Å²) in [6.07, 6.45) is -0.140. The van der Waals surface area contributed by atoms with Gasteiger partial charge in [0, 0.05) is 17.9 Å². The van der Waals surface area contributed by atoms with Crippen LogP contribution in [0.15, 0.2) is 64.5 Å². The van der Waals surface area contributed by atoms with Gasteiger partial charge in [-0.2, -0.15) is 0 Å². The molecule has 0 bridgehead atoms. The van der Waals surface area contributed by atoms with Crippen LogP contribution in [0.3, 0.4) is 0 Å². The summed E-state index contributed by atoms with van der Waals surface area (Å²) in [5.41, 5.74) is 1.08. The summed E-state index contributed by atoms with van der Waals surface area (Å²) >= 11 is 1.24. The molecule has 152 valence electrons. The molecule has 7 nitrogen and oxygen atoms in total. The second-order valence-electron chi connectivity index (χ2n) is 6.71. The predicted molar refractivity (Wildman–Crippen MR) is 112 cm³/mol. The Morgan fingerprint density at radius 2 is 1.87 bits per heavy atom. The number of fused-ring (bicyclic) bond motifs is 1. The Morgan fingerprint density at radius 1 is 1.13 bits per heavy atom. The van der Waals surface area contributed by atoms with E-state index in [0.29, 0.717) is 16.6 Å². The smallest absolute Gasteiger partial charge is 0.257 e. The number of aromatic amines is 1. The van der Waals surface area contributed by atoms with Crippen molar-refractivity contribution in [1.82, 2.24) is 9.97 Å². The monoisotopic (exact) mass is 424 g/mol. The summed E-state index contributed by atoms with van der Waals surface area (Å²) in [6, 6.07) is 14.8. The van der Waals surface area contributed by atoms with Crippen LogP contribution in [0.2, 0.25) is 0 Å². The van der Waals surface area contributed by atoms with Crippen LogP contribution >= 0.6 is 11.8 Å². The molecule has 1 aromatic heterocycles. The van der Waals surface area contributed by atoms with Crippen molar-refractivity contribution in [2.24, 2.45) is 0 Å². The number of hydrogen-bond donors (Lipinski definition) is 3. The third-order valence-corrected chi connectivity index (χ3v) is 5.52. The van der Waals surface area contributed by atoms with Crippen molar-refractivity contribution in [2.45, 2.75) is 23.2 Å². The Bertz CT molecular complexity index is 1150. The first-order valence-corrected chi connectivity index (χ1v) is 10.2. The molecule has 0 radical (unpaired) electrons. The summed E-state index contributed by atoms with van der Waals surface area (Å²) < 4.78 is 13.0. The van der Waals surface area contributed by atoms with Gasteiger partial charge in [0.05, 0.1) is 11.5 Å². The van der Waals surface area contributed by atoms with Gasteiger partial charge in [-0.3, -0.25) is 14.4 Å². The van der Waals surface area contributed by atoms with Crippen molar-refractivity contribution in [3.8, 4) is 0 Å². The summed E-state index contributed by atoms with van der Waals surface area (Å²) in [5.74, 6) is -1.56. The van der Waals surface area contributed by atoms with Crippen molar-refractivity contribution in [3.63, 3.8) is 0 Å². The molecule has 1 atom stereocenters. The van der Waals surface area contributed by atoms with Crippen molar-refractivity contribution < 1.29 is 14.0 Å². The summed E-state index contributed by atoms with van der Waals surface area (Å²) in [6.45, 7) is 0. The van der Waals surface area contributed by atoms with Gasteiger partial charge in [0.15, 0.2) is 5.16 Å². The molecule has 1 aliphatic heterocycles. The molecule has 30 heavy (non-hydrogen) atoms. The summed E-state index contributed by atoms with van der Waals surface area (Å²) in [5, 5.41) is 5.61. The molecular weight excluding hydrogens is 407 g/mol. The molecule has 3 aromatic rings. The zero-order valence-electron chi connectivity index (χ0n) is 15.6. The molecule has 0 aliphatic carbocycles. The number of H-pyrrole nitrogens is 1. The number of rotatable bonds is 5. The molecule has 2 heterocycles. The van der Waals surface area contributed by atoms with E-state index in [4.69, 9.17) is 0 Å². The van der Waals surface area contributed by atoms with E-state index in [-0.39, 0.29) is 29.5 Å². The first kappa shape index (κ1) is 19.8. The van der Waals surface area contributed by atoms with Crippen LogP contribution in [0.5, 0.6) is 0 Å². The quantitative estimate of drug-likeness (QED) is 0.431. The fourth-order valence-electron chi connectivity index (χ4n) is 3.13. The molecule has 3 N–H and O–H groups in total. The van der Waals surface area contributed by atoms with E-state index in [1.54, 1.807) is 36.4 Å². The van der Waals surface area contributed by atoms with Crippen molar-refractivity contribution in [1.29, 1.82) is 0 Å². The van der Waals surface area contributed by atoms with Gasteiger partial charge in [-0.15, -0.1) is 0 Å². The summed E-state index contributed by atoms with van der Waals surface area (Å²) in [4.78, 5) is 44.6. The molecule has 0 spiro atoms. The second kappa shape index (κ2) is 8.50. The first-order chi connectivity index (χ1) is 14.5. The van der Waals surface area contributed by atoms with E-state index in [1.165, 1.54) is 23.9 Å². The lowest BCUT2D eigenvalue weighted by Gasteiger charge is -2.23. The van der Waals surface area contributed by atoms with Gasteiger partial charge < -0.3 is 15.6 Å². The topological polar surface area (TPSA) is 104 Å². The molecule has 1 unspecified atom stereocenters. The van der Waals surface area contributed by atoms with Crippen LogP contribution in [0.4, 0.5) is 15.9 Å². The van der Waals surface area contributed by atoms with Gasteiger partial charge >= 0.3 is 0 Å². The van der Waals surface area contributed by atoms with Crippen molar-refractivity contribution in [3.05, 3.63) is 81.9 Å². The van der Waals surface area contributed by atoms with E-state index in [0.717, 1.165) is 5.56 Å². The molecule has 0 saturated carbocycles. The third-order valence-electron chi connectivity index (χ3n) is 4.58. The zero-order chi connectivity index (χ0) is 21.1. The van der Waals surface area contributed by atoms with Gasteiger partial charge in [-0.1, -0.05) is 42.1 Å². The number of thioether (sulfide) groups is 1. The molecular formula is C21H17FN4O3S. The van der Waals surface area contributed by atoms with Crippen LogP contribution in [-0.4, -0.2) is 21.8 Å². The van der Waals surface area contributed by atoms with Crippen LogP contribution in [-0.2, 0) is 15.3 Å². The lowest BCUT2D eigenvalue weighted by atomic mass is 9.92. The van der Waals surface area contributed by atoms with E-state index < -0.39 is 17.4 Å². The van der Waals surface area contributed by atoms with Gasteiger partial charge in [-0.05, 0) is 29.8 Å². The maximum atomic E-state index is 13.0. The number of carbonyl (C=O) groups is 2. The van der Waals surface area contributed by atoms with Crippen LogP contribution in [0, 0.1) is 5.82 Å². The van der Waals surface area contributed by atoms with Crippen LogP contribution in [0.25, 0.3) is 0 Å². The van der Waals surface area contributed by atoms with Crippen LogP contribution in [0.1, 0.15) is 23.5 Å². The number of carbonyl (C=O) groups excluding carboxylic acids is 2. The molecule has 0 saturated heterocycles. The lowest BCUT2D eigenvalue weighted by Crippen LogP contribution is -2.36. The first-order valence-electron chi connectivity index (χ1n) is 9.17. The highest BCUT2D eigenvalue weighted by molar-refractivity contribution is 7.98. The Labute approximate surface area is 175 Å². The minimum Gasteiger partial charge on any atom is -0.326 e. The highest BCUT2D eigenvalue weighted by atomic mass is 32.2. The van der Waals surface area contributed by atoms with Crippen LogP contribution < -0.4 is 16.2 Å². The number of nitrogens with one attached hydrogen (secondary N) is 3. The van der Waals surface area contributed by atoms with Gasteiger partial charge in [0.1, 0.15) is 11.6 Å². The molecule has 2 amide bonds. The standard InChI is InChI=1S/C21H17FN4O3S/c22-13-8-6-12(7-9-13)11-30-21-25-18-17(20(29)26-21)15(10-16(27)24-18)19(28)23-14-4-2-1-3-5-14/h1-9,15H,10-11H2,(H,23,28)(H2,24,25,26,27,29). The molecule has 1 aliphatic rings. The molecule has 4 rings (SSSR count). The minimum absolute atomic E-state index is 0.0878. The SMILES string of the molecule is O=C1CC(C(=O)Nc2ccccc2)c2c(nc(SCc3ccc(F)cc3)[nH]c2=O)N1. The molecule has 0 fully saturated rings. The highest BCUT2D eigenvalue weighted by Crippen LogP contribution is 2.31. The van der Waals surface area contributed by atoms with Gasteiger partial charge in [0.25, 0.3) is 5.56 Å². The molecule has 9 heteroatoms. The van der Waals surface area contributed by atoms with E-state index in [2.05, 4.69) is 20.6 Å². The molecule has 2 aromatic carbocycles. The minimum atomic E-state index is -0.943. The Hall–Kier alpha value is -3.46. The third kappa shape index (κ3) is 4.41. The normalized spacial score (nSPS) is 15.2. The van der Waals surface area contributed by atoms with E-state index in [1.807, 2.05) is 6.07 Å². The number of amides is 2. The number of hydrogen-bond acceptors (Lipinski definition) is 5. The Kier molecular flexibility index (Phi) is 5.62. The number of aromatic nitrogens is 2. The number of benzene rings is 2. The van der Waals surface area contributed by atoms with Gasteiger partial charge in [0.2, 0.25) is 11.8 Å². The van der Waals surface area contributed by atoms with Crippen molar-refractivity contribution >= 4 is 35.1 Å². The highest BCUT2D eigenvalue weighted by Gasteiger charge is 2.34. The average Bonchev–Trinajstić information content (AvgIpc) is 2.73. The van der Waals surface area contributed by atoms with Gasteiger partial charge in [-0.25, -0.2) is 9.37 Å². The fourth-order valence-corrected chi connectivity index (χ4v) is 3.94. The number of anilines is 2. The average molecular weight is 424 g/mol. The van der Waals surface area contributed by atoms with E-state index in [9.17, 15) is 18.8 Å². The summed E-state index contributed by atoms with van der Waals surface area (Å²) in [7, 11) is 0. The predicted octanol–water partition coefficient (Wildman–Crippen LogP) is 3.27. The fraction of sp³-hybridized carbons (Fsp3) is 0.143. The van der Waals surface area contributed by atoms with Crippen molar-refractivity contribution in [2.75, 3.05) is 10.6 Å². The number of nitrogens with zero attached hydrogens (tertiary/aromatic N) is 1. The Balaban J connectivity index is 1.57. The second-order valence-corrected chi connectivity index (χ2v) is 7.67. The van der Waals surface area contributed by atoms with E-state index >= 15 is 0 Å². The number of halogens is 1. The zero-order valence-corrected chi connectivity index (χ0v) is 16.5. The lowest BCUT2D eigenvalue weighted by molar-refractivity contribution is -0.123. The largest absolute Gasteiger partial charge is 0.326 e. The maximum absolute atomic E-state index is 13.0.